The maximum Gasteiger partial charge on any atom is 0.223 e. The molecule has 102 valence electrons. The van der Waals surface area contributed by atoms with E-state index in [1.165, 1.54) is 5.69 Å². The van der Waals surface area contributed by atoms with E-state index in [1.54, 1.807) is 0 Å². The van der Waals surface area contributed by atoms with E-state index in [-0.39, 0.29) is 11.8 Å². The minimum absolute atomic E-state index is 0.158. The number of amides is 1. The van der Waals surface area contributed by atoms with Crippen LogP contribution in [-0.2, 0) is 11.3 Å². The van der Waals surface area contributed by atoms with Gasteiger partial charge in [0.15, 0.2) is 0 Å². The van der Waals surface area contributed by atoms with Crippen LogP contribution in [-0.4, -0.2) is 20.0 Å². The van der Waals surface area contributed by atoms with Crippen molar-refractivity contribution in [3.8, 4) is 0 Å². The summed E-state index contributed by atoms with van der Waals surface area (Å²) < 4.78 is 0. The number of nitrogens with one attached hydrogen (secondary N) is 1. The van der Waals surface area contributed by atoms with Gasteiger partial charge in [0.2, 0.25) is 5.91 Å². The van der Waals surface area contributed by atoms with Crippen molar-refractivity contribution < 1.29 is 4.79 Å². The molecule has 1 atom stereocenters. The number of allylic oxidation sites excluding steroid dienone is 2. The number of nitrogens with zero attached hydrogens (tertiary/aromatic N) is 1. The molecular weight excluding hydrogens is 236 g/mol. The highest BCUT2D eigenvalue weighted by atomic mass is 16.1. The predicted molar refractivity (Wildman–Crippen MR) is 79.1 cm³/mol. The smallest absolute Gasteiger partial charge is 0.223 e. The summed E-state index contributed by atoms with van der Waals surface area (Å²) in [4.78, 5) is 14.1. The third kappa shape index (κ3) is 3.85. The SMILES string of the molecule is CN(C)c1ccc(CNC(=O)C2CC=CCC2)cc1. The van der Waals surface area contributed by atoms with Crippen LogP contribution in [0.25, 0.3) is 0 Å². The molecule has 1 aliphatic carbocycles. The van der Waals surface area contributed by atoms with Gasteiger partial charge in [0.25, 0.3) is 0 Å². The van der Waals surface area contributed by atoms with E-state index in [9.17, 15) is 4.79 Å². The van der Waals surface area contributed by atoms with Crippen molar-refractivity contribution in [2.75, 3.05) is 19.0 Å². The standard InChI is InChI=1S/C16H22N2O/c1-18(2)15-10-8-13(9-11-15)12-17-16(19)14-6-4-3-5-7-14/h3-4,8-11,14H,5-7,12H2,1-2H3,(H,17,19). The quantitative estimate of drug-likeness (QED) is 0.842. The highest BCUT2D eigenvalue weighted by Crippen LogP contribution is 2.18. The first kappa shape index (κ1) is 13.7. The number of hydrogen-bond donors (Lipinski definition) is 1. The van der Waals surface area contributed by atoms with Crippen molar-refractivity contribution in [1.29, 1.82) is 0 Å². The van der Waals surface area contributed by atoms with E-state index in [0.717, 1.165) is 24.8 Å². The zero-order valence-electron chi connectivity index (χ0n) is 11.7. The van der Waals surface area contributed by atoms with Crippen molar-refractivity contribution in [1.82, 2.24) is 5.32 Å². The molecule has 1 unspecified atom stereocenters. The lowest BCUT2D eigenvalue weighted by atomic mass is 9.93. The van der Waals surface area contributed by atoms with Crippen LogP contribution < -0.4 is 10.2 Å². The summed E-state index contributed by atoms with van der Waals surface area (Å²) in [5.41, 5.74) is 2.32. The molecule has 3 nitrogen and oxygen atoms in total. The molecule has 19 heavy (non-hydrogen) atoms. The number of rotatable bonds is 4. The Morgan fingerprint density at radius 3 is 2.58 bits per heavy atom. The van der Waals surface area contributed by atoms with Gasteiger partial charge in [-0.3, -0.25) is 4.79 Å². The minimum atomic E-state index is 0.158. The normalized spacial score (nSPS) is 18.1. The minimum Gasteiger partial charge on any atom is -0.378 e. The van der Waals surface area contributed by atoms with Crippen molar-refractivity contribution in [2.24, 2.45) is 5.92 Å². The summed E-state index contributed by atoms with van der Waals surface area (Å²) in [6.07, 6.45) is 7.15. The monoisotopic (exact) mass is 258 g/mol. The molecule has 0 aliphatic heterocycles. The summed E-state index contributed by atoms with van der Waals surface area (Å²) >= 11 is 0. The Kier molecular flexibility index (Phi) is 4.61. The second-order valence-corrected chi connectivity index (χ2v) is 5.26. The number of carbonyl (C=O) groups is 1. The molecule has 0 fully saturated rings. The topological polar surface area (TPSA) is 32.3 Å². The van der Waals surface area contributed by atoms with Gasteiger partial charge in [-0.2, -0.15) is 0 Å². The molecule has 0 spiro atoms. The van der Waals surface area contributed by atoms with E-state index in [1.807, 2.05) is 14.1 Å². The zero-order valence-corrected chi connectivity index (χ0v) is 11.7. The van der Waals surface area contributed by atoms with Crippen LogP contribution in [0.2, 0.25) is 0 Å². The van der Waals surface area contributed by atoms with Crippen molar-refractivity contribution in [3.05, 3.63) is 42.0 Å². The molecule has 1 N–H and O–H groups in total. The Labute approximate surface area is 115 Å². The van der Waals surface area contributed by atoms with Gasteiger partial charge in [-0.1, -0.05) is 24.3 Å². The maximum atomic E-state index is 12.0. The molecular formula is C16H22N2O. The third-order valence-corrected chi connectivity index (χ3v) is 3.56. The molecule has 0 saturated carbocycles. The van der Waals surface area contributed by atoms with Gasteiger partial charge in [-0.05, 0) is 37.0 Å². The van der Waals surface area contributed by atoms with Crippen LogP contribution >= 0.6 is 0 Å². The summed E-state index contributed by atoms with van der Waals surface area (Å²) in [6.45, 7) is 0.618. The van der Waals surface area contributed by atoms with Gasteiger partial charge in [0.05, 0.1) is 0 Å². The largest absolute Gasteiger partial charge is 0.378 e. The molecule has 1 amide bonds. The van der Waals surface area contributed by atoms with Crippen LogP contribution in [0.15, 0.2) is 36.4 Å². The first-order chi connectivity index (χ1) is 9.16. The Morgan fingerprint density at radius 1 is 1.26 bits per heavy atom. The van der Waals surface area contributed by atoms with Gasteiger partial charge >= 0.3 is 0 Å². The van der Waals surface area contributed by atoms with E-state index in [2.05, 4.69) is 46.6 Å². The second-order valence-electron chi connectivity index (χ2n) is 5.26. The fourth-order valence-electron chi connectivity index (χ4n) is 2.28. The van der Waals surface area contributed by atoms with Crippen molar-refractivity contribution in [2.45, 2.75) is 25.8 Å². The van der Waals surface area contributed by atoms with Gasteiger partial charge in [0.1, 0.15) is 0 Å². The van der Waals surface area contributed by atoms with Crippen LogP contribution in [0.3, 0.4) is 0 Å². The molecule has 1 aliphatic rings. The first-order valence-corrected chi connectivity index (χ1v) is 6.86. The lowest BCUT2D eigenvalue weighted by molar-refractivity contribution is -0.125. The van der Waals surface area contributed by atoms with Gasteiger partial charge in [-0.25, -0.2) is 0 Å². The first-order valence-electron chi connectivity index (χ1n) is 6.86. The Morgan fingerprint density at radius 2 is 2.00 bits per heavy atom. The van der Waals surface area contributed by atoms with Crippen LogP contribution in [0.4, 0.5) is 5.69 Å². The average Bonchev–Trinajstić information content (AvgIpc) is 2.46. The van der Waals surface area contributed by atoms with E-state index in [0.29, 0.717) is 6.54 Å². The Bertz CT molecular complexity index is 448. The summed E-state index contributed by atoms with van der Waals surface area (Å²) in [6, 6.07) is 8.28. The van der Waals surface area contributed by atoms with Gasteiger partial charge < -0.3 is 10.2 Å². The third-order valence-electron chi connectivity index (χ3n) is 3.56. The molecule has 0 aromatic heterocycles. The number of anilines is 1. The lowest BCUT2D eigenvalue weighted by Crippen LogP contribution is -2.30. The number of hydrogen-bond acceptors (Lipinski definition) is 2. The van der Waals surface area contributed by atoms with Gasteiger partial charge in [0, 0.05) is 32.2 Å². The molecule has 0 radical (unpaired) electrons. The van der Waals surface area contributed by atoms with Gasteiger partial charge in [-0.15, -0.1) is 0 Å². The summed E-state index contributed by atoms with van der Waals surface area (Å²) in [7, 11) is 4.04. The molecule has 0 saturated heterocycles. The van der Waals surface area contributed by atoms with E-state index in [4.69, 9.17) is 0 Å². The fourth-order valence-corrected chi connectivity index (χ4v) is 2.28. The van der Waals surface area contributed by atoms with Crippen LogP contribution in [0.1, 0.15) is 24.8 Å². The van der Waals surface area contributed by atoms with Crippen molar-refractivity contribution >= 4 is 11.6 Å². The van der Waals surface area contributed by atoms with Crippen LogP contribution in [0, 0.1) is 5.92 Å². The fraction of sp³-hybridized carbons (Fsp3) is 0.438. The summed E-state index contributed by atoms with van der Waals surface area (Å²) in [5.74, 6) is 0.340. The molecule has 1 aromatic rings. The molecule has 0 bridgehead atoms. The predicted octanol–water partition coefficient (Wildman–Crippen LogP) is 2.73. The van der Waals surface area contributed by atoms with E-state index < -0.39 is 0 Å². The van der Waals surface area contributed by atoms with E-state index >= 15 is 0 Å². The maximum absolute atomic E-state index is 12.0. The zero-order chi connectivity index (χ0) is 13.7. The molecule has 2 rings (SSSR count). The molecule has 0 heterocycles. The molecule has 3 heteroatoms. The van der Waals surface area contributed by atoms with Crippen LogP contribution in [0.5, 0.6) is 0 Å². The van der Waals surface area contributed by atoms with Crippen molar-refractivity contribution in [3.63, 3.8) is 0 Å². The lowest BCUT2D eigenvalue weighted by Gasteiger charge is -2.17. The molecule has 1 aromatic carbocycles. The Hall–Kier alpha value is -1.77. The average molecular weight is 258 g/mol. The highest BCUT2D eigenvalue weighted by molar-refractivity contribution is 5.79. The number of benzene rings is 1. The summed E-state index contributed by atoms with van der Waals surface area (Å²) in [5, 5.41) is 3.03. The number of carbonyl (C=O) groups excluding carboxylic acids is 1. The highest BCUT2D eigenvalue weighted by Gasteiger charge is 2.17. The Balaban J connectivity index is 1.84. The second kappa shape index (κ2) is 6.41.